The third-order valence-corrected chi connectivity index (χ3v) is 1.80. The molecule has 4 N–H and O–H groups in total. The minimum absolute atomic E-state index is 0.259. The molecule has 1 rings (SSSR count). The zero-order valence-electron chi connectivity index (χ0n) is 8.11. The maximum Gasteiger partial charge on any atom is 0.224 e. The van der Waals surface area contributed by atoms with E-state index in [1.807, 2.05) is 0 Å². The molecule has 5 nitrogen and oxygen atoms in total. The molecule has 14 heavy (non-hydrogen) atoms. The molecule has 0 radical (unpaired) electrons. The van der Waals surface area contributed by atoms with Gasteiger partial charge in [0, 0.05) is 19.3 Å². The van der Waals surface area contributed by atoms with Crippen LogP contribution in [0.2, 0.25) is 0 Å². The molecule has 0 atom stereocenters. The second-order valence-electron chi connectivity index (χ2n) is 3.02. The Morgan fingerprint density at radius 1 is 1.36 bits per heavy atom. The zero-order valence-corrected chi connectivity index (χ0v) is 8.11. The van der Waals surface area contributed by atoms with E-state index in [2.05, 4.69) is 15.3 Å². The van der Waals surface area contributed by atoms with Gasteiger partial charge in [0.25, 0.3) is 0 Å². The number of aliphatic hydroxyl groups is 1. The first-order chi connectivity index (χ1) is 6.83. The van der Waals surface area contributed by atoms with Gasteiger partial charge in [0.05, 0.1) is 0 Å². The summed E-state index contributed by atoms with van der Waals surface area (Å²) in [6, 6.07) is 1.65. The number of nitrogens with two attached hydrogens (primary N) is 1. The van der Waals surface area contributed by atoms with Gasteiger partial charge < -0.3 is 16.2 Å². The molecule has 1 heterocycles. The summed E-state index contributed by atoms with van der Waals surface area (Å²) in [6.45, 7) is 1.07. The van der Waals surface area contributed by atoms with Gasteiger partial charge in [0.2, 0.25) is 5.95 Å². The summed E-state index contributed by atoms with van der Waals surface area (Å²) < 4.78 is 0. The van der Waals surface area contributed by atoms with Crippen molar-refractivity contribution in [2.24, 2.45) is 0 Å². The normalized spacial score (nSPS) is 10.1. The molecular formula is C9H16N4O. The molecule has 1 aromatic heterocycles. The van der Waals surface area contributed by atoms with Crippen LogP contribution in [0.1, 0.15) is 19.3 Å². The average Bonchev–Trinajstić information content (AvgIpc) is 2.18. The van der Waals surface area contributed by atoms with Crippen molar-refractivity contribution < 1.29 is 5.11 Å². The molecule has 0 amide bonds. The van der Waals surface area contributed by atoms with Crippen molar-refractivity contribution in [3.63, 3.8) is 0 Å². The topological polar surface area (TPSA) is 84.1 Å². The number of nitrogen functional groups attached to an aromatic ring is 1. The highest BCUT2D eigenvalue weighted by atomic mass is 16.2. The van der Waals surface area contributed by atoms with E-state index in [4.69, 9.17) is 10.8 Å². The highest BCUT2D eigenvalue weighted by molar-refractivity contribution is 5.34. The lowest BCUT2D eigenvalue weighted by Crippen LogP contribution is -2.06. The summed E-state index contributed by atoms with van der Waals surface area (Å²) in [7, 11) is 0. The van der Waals surface area contributed by atoms with Crippen LogP contribution in [0, 0.1) is 0 Å². The van der Waals surface area contributed by atoms with Crippen LogP contribution < -0.4 is 11.1 Å². The Labute approximate surface area is 83.4 Å². The van der Waals surface area contributed by atoms with Crippen molar-refractivity contribution in [2.45, 2.75) is 19.3 Å². The molecule has 0 unspecified atom stereocenters. The maximum absolute atomic E-state index is 8.56. The predicted molar refractivity (Wildman–Crippen MR) is 55.9 cm³/mol. The highest BCUT2D eigenvalue weighted by Gasteiger charge is 1.94. The van der Waals surface area contributed by atoms with Crippen molar-refractivity contribution >= 4 is 11.8 Å². The molecule has 0 aliphatic rings. The standard InChI is InChI=1S/C9H16N4O/c10-8-4-6-12-9(13-8)11-5-2-1-3-7-14/h4,6,14H,1-3,5,7H2,(H3,10,11,12,13). The Morgan fingerprint density at radius 3 is 2.93 bits per heavy atom. The number of nitrogens with zero attached hydrogens (tertiary/aromatic N) is 2. The first kappa shape index (κ1) is 10.7. The van der Waals surface area contributed by atoms with Gasteiger partial charge in [-0.3, -0.25) is 0 Å². The van der Waals surface area contributed by atoms with E-state index < -0.39 is 0 Å². The smallest absolute Gasteiger partial charge is 0.224 e. The van der Waals surface area contributed by atoms with Crippen molar-refractivity contribution in [3.05, 3.63) is 12.3 Å². The van der Waals surface area contributed by atoms with Gasteiger partial charge >= 0.3 is 0 Å². The number of aromatic nitrogens is 2. The van der Waals surface area contributed by atoms with Crippen LogP contribution >= 0.6 is 0 Å². The van der Waals surface area contributed by atoms with Gasteiger partial charge in [-0.2, -0.15) is 4.98 Å². The molecule has 5 heteroatoms. The summed E-state index contributed by atoms with van der Waals surface area (Å²) in [5.74, 6) is 1.03. The minimum Gasteiger partial charge on any atom is -0.396 e. The predicted octanol–water partition coefficient (Wildman–Crippen LogP) is 0.633. The van der Waals surface area contributed by atoms with Crippen LogP contribution in [0.4, 0.5) is 11.8 Å². The van der Waals surface area contributed by atoms with Gasteiger partial charge in [-0.15, -0.1) is 0 Å². The molecular weight excluding hydrogens is 180 g/mol. The molecule has 1 aromatic rings. The number of anilines is 2. The van der Waals surface area contributed by atoms with Crippen molar-refractivity contribution in [2.75, 3.05) is 24.2 Å². The molecule has 0 bridgehead atoms. The lowest BCUT2D eigenvalue weighted by Gasteiger charge is -2.03. The summed E-state index contributed by atoms with van der Waals surface area (Å²) in [5, 5.41) is 11.6. The van der Waals surface area contributed by atoms with E-state index in [1.54, 1.807) is 12.3 Å². The molecule has 78 valence electrons. The Morgan fingerprint density at radius 2 is 2.21 bits per heavy atom. The van der Waals surface area contributed by atoms with E-state index in [0.29, 0.717) is 11.8 Å². The summed E-state index contributed by atoms with van der Waals surface area (Å²) in [4.78, 5) is 8.00. The lowest BCUT2D eigenvalue weighted by molar-refractivity contribution is 0.283. The van der Waals surface area contributed by atoms with Crippen molar-refractivity contribution in [1.82, 2.24) is 9.97 Å². The monoisotopic (exact) mass is 196 g/mol. The fourth-order valence-electron chi connectivity index (χ4n) is 1.07. The fourth-order valence-corrected chi connectivity index (χ4v) is 1.07. The Kier molecular flexibility index (Phi) is 4.71. The molecule has 0 spiro atoms. The molecule has 0 fully saturated rings. The van der Waals surface area contributed by atoms with Gasteiger partial charge in [-0.25, -0.2) is 4.98 Å². The Bertz CT molecular complexity index is 267. The minimum atomic E-state index is 0.259. The first-order valence-corrected chi connectivity index (χ1v) is 4.76. The summed E-state index contributed by atoms with van der Waals surface area (Å²) >= 11 is 0. The molecule has 0 aliphatic heterocycles. The number of hydrogen-bond donors (Lipinski definition) is 3. The number of aliphatic hydroxyl groups excluding tert-OH is 1. The van der Waals surface area contributed by atoms with Crippen molar-refractivity contribution in [3.8, 4) is 0 Å². The zero-order chi connectivity index (χ0) is 10.2. The largest absolute Gasteiger partial charge is 0.396 e. The van der Waals surface area contributed by atoms with E-state index in [-0.39, 0.29) is 6.61 Å². The fraction of sp³-hybridized carbons (Fsp3) is 0.556. The average molecular weight is 196 g/mol. The van der Waals surface area contributed by atoms with Gasteiger partial charge in [0.15, 0.2) is 0 Å². The van der Waals surface area contributed by atoms with E-state index in [1.165, 1.54) is 0 Å². The number of rotatable bonds is 6. The number of nitrogens with one attached hydrogen (secondary N) is 1. The summed E-state index contributed by atoms with van der Waals surface area (Å²) in [5.41, 5.74) is 5.49. The van der Waals surface area contributed by atoms with Gasteiger partial charge in [0.1, 0.15) is 5.82 Å². The maximum atomic E-state index is 8.56. The van der Waals surface area contributed by atoms with E-state index in [0.717, 1.165) is 25.8 Å². The number of unbranched alkanes of at least 4 members (excludes halogenated alkanes) is 2. The Balaban J connectivity index is 2.18. The molecule has 0 saturated heterocycles. The van der Waals surface area contributed by atoms with Gasteiger partial charge in [-0.1, -0.05) is 0 Å². The van der Waals surface area contributed by atoms with Gasteiger partial charge in [-0.05, 0) is 25.3 Å². The SMILES string of the molecule is Nc1ccnc(NCCCCCO)n1. The van der Waals surface area contributed by atoms with Crippen molar-refractivity contribution in [1.29, 1.82) is 0 Å². The van der Waals surface area contributed by atoms with Crippen LogP contribution in [-0.2, 0) is 0 Å². The third kappa shape index (κ3) is 4.04. The van der Waals surface area contributed by atoms with Crippen LogP contribution in [0.15, 0.2) is 12.3 Å². The highest BCUT2D eigenvalue weighted by Crippen LogP contribution is 2.02. The second kappa shape index (κ2) is 6.15. The summed E-state index contributed by atoms with van der Waals surface area (Å²) in [6.07, 6.45) is 4.47. The molecule has 0 aromatic carbocycles. The van der Waals surface area contributed by atoms with Crippen LogP contribution in [0.25, 0.3) is 0 Å². The van der Waals surface area contributed by atoms with E-state index in [9.17, 15) is 0 Å². The van der Waals surface area contributed by atoms with E-state index >= 15 is 0 Å². The van der Waals surface area contributed by atoms with Crippen LogP contribution in [0.3, 0.4) is 0 Å². The Hall–Kier alpha value is -1.36. The molecule has 0 aliphatic carbocycles. The number of hydrogen-bond acceptors (Lipinski definition) is 5. The lowest BCUT2D eigenvalue weighted by atomic mass is 10.2. The molecule has 0 saturated carbocycles. The first-order valence-electron chi connectivity index (χ1n) is 4.76. The van der Waals surface area contributed by atoms with Crippen LogP contribution in [-0.4, -0.2) is 28.2 Å². The quantitative estimate of drug-likeness (QED) is 0.581. The van der Waals surface area contributed by atoms with Crippen LogP contribution in [0.5, 0.6) is 0 Å². The second-order valence-corrected chi connectivity index (χ2v) is 3.02. The third-order valence-electron chi connectivity index (χ3n) is 1.80.